The Bertz CT molecular complexity index is 907. The summed E-state index contributed by atoms with van der Waals surface area (Å²) in [5, 5.41) is 0. The molecule has 0 amide bonds. The Balaban J connectivity index is 1.56. The van der Waals surface area contributed by atoms with E-state index >= 15 is 0 Å². The van der Waals surface area contributed by atoms with Crippen LogP contribution < -0.4 is 0 Å². The van der Waals surface area contributed by atoms with Gasteiger partial charge in [-0.1, -0.05) is 48.2 Å². The quantitative estimate of drug-likeness (QED) is 0.154. The maximum absolute atomic E-state index is 12.3. The first kappa shape index (κ1) is 28.5. The van der Waals surface area contributed by atoms with E-state index < -0.39 is 0 Å². The summed E-state index contributed by atoms with van der Waals surface area (Å²) in [6.07, 6.45) is 0. The van der Waals surface area contributed by atoms with Crippen LogP contribution in [0.15, 0.2) is 54.6 Å². The number of quaternary nitrogens is 1. The molecule has 0 aliphatic carbocycles. The fourth-order valence-corrected chi connectivity index (χ4v) is 3.63. The fourth-order valence-electron chi connectivity index (χ4n) is 3.63. The Morgan fingerprint density at radius 3 is 2.14 bits per heavy atom. The molecular formula is C29H40NO5+. The van der Waals surface area contributed by atoms with Crippen LogP contribution >= 0.6 is 0 Å². The minimum absolute atomic E-state index is 0.244. The summed E-state index contributed by atoms with van der Waals surface area (Å²) in [6.45, 7) is 14.6. The van der Waals surface area contributed by atoms with Gasteiger partial charge in [-0.3, -0.25) is 0 Å². The zero-order valence-electron chi connectivity index (χ0n) is 21.5. The number of hydrogen-bond donors (Lipinski definition) is 0. The number of hydrogen-bond acceptors (Lipinski definition) is 5. The highest BCUT2D eigenvalue weighted by molar-refractivity contribution is 5.89. The summed E-state index contributed by atoms with van der Waals surface area (Å²) in [5.41, 5.74) is 2.17. The van der Waals surface area contributed by atoms with E-state index in [4.69, 9.17) is 18.9 Å². The highest BCUT2D eigenvalue weighted by Gasteiger charge is 2.19. The van der Waals surface area contributed by atoms with Crippen LogP contribution in [0, 0.1) is 11.8 Å². The molecule has 2 aromatic carbocycles. The molecule has 0 aliphatic rings. The van der Waals surface area contributed by atoms with Gasteiger partial charge in [-0.15, -0.1) is 0 Å². The summed E-state index contributed by atoms with van der Waals surface area (Å²) < 4.78 is 23.2. The molecule has 0 unspecified atom stereocenters. The SMILES string of the molecule is CC[N+](CC)(CC)CCOCCOCCOCC#Cc1cccc(C(=O)OCc2ccccc2)c1. The highest BCUT2D eigenvalue weighted by atomic mass is 16.5. The van der Waals surface area contributed by atoms with Crippen LogP contribution in [0.3, 0.4) is 0 Å². The van der Waals surface area contributed by atoms with Crippen molar-refractivity contribution in [3.05, 3.63) is 71.3 Å². The van der Waals surface area contributed by atoms with Crippen molar-refractivity contribution >= 4 is 5.97 Å². The van der Waals surface area contributed by atoms with Crippen LogP contribution in [-0.2, 0) is 25.6 Å². The summed E-state index contributed by atoms with van der Waals surface area (Å²) in [4.78, 5) is 12.3. The minimum Gasteiger partial charge on any atom is -0.457 e. The largest absolute Gasteiger partial charge is 0.457 e. The lowest BCUT2D eigenvalue weighted by atomic mass is 10.1. The zero-order chi connectivity index (χ0) is 25.2. The van der Waals surface area contributed by atoms with E-state index in [1.54, 1.807) is 18.2 Å². The van der Waals surface area contributed by atoms with E-state index in [-0.39, 0.29) is 12.6 Å². The van der Waals surface area contributed by atoms with Gasteiger partial charge in [0, 0.05) is 5.56 Å². The smallest absolute Gasteiger partial charge is 0.338 e. The third-order valence-electron chi connectivity index (χ3n) is 6.18. The van der Waals surface area contributed by atoms with E-state index in [1.165, 1.54) is 0 Å². The Kier molecular flexibility index (Phi) is 13.7. The normalized spacial score (nSPS) is 11.1. The minimum atomic E-state index is -0.366. The Morgan fingerprint density at radius 1 is 0.800 bits per heavy atom. The van der Waals surface area contributed by atoms with E-state index in [2.05, 4.69) is 32.6 Å². The number of carbonyl (C=O) groups excluding carboxylic acids is 1. The molecule has 0 spiro atoms. The van der Waals surface area contributed by atoms with Crippen molar-refractivity contribution < 1.29 is 28.2 Å². The second-order valence-electron chi connectivity index (χ2n) is 8.24. The van der Waals surface area contributed by atoms with Crippen molar-refractivity contribution in [2.24, 2.45) is 0 Å². The van der Waals surface area contributed by atoms with Gasteiger partial charge in [0.05, 0.1) is 58.2 Å². The lowest BCUT2D eigenvalue weighted by Gasteiger charge is -2.35. The second-order valence-corrected chi connectivity index (χ2v) is 8.24. The van der Waals surface area contributed by atoms with Crippen molar-refractivity contribution in [3.63, 3.8) is 0 Å². The number of rotatable bonds is 16. The monoisotopic (exact) mass is 482 g/mol. The van der Waals surface area contributed by atoms with Gasteiger partial charge in [-0.25, -0.2) is 4.79 Å². The summed E-state index contributed by atoms with van der Waals surface area (Å²) in [5.74, 6) is 5.62. The molecule has 6 nitrogen and oxygen atoms in total. The molecule has 0 aliphatic heterocycles. The third-order valence-corrected chi connectivity index (χ3v) is 6.18. The fraction of sp³-hybridized carbons (Fsp3) is 0.483. The Labute approximate surface area is 210 Å². The molecule has 0 fully saturated rings. The molecule has 190 valence electrons. The number of esters is 1. The lowest BCUT2D eigenvalue weighted by Crippen LogP contribution is -2.49. The standard InChI is InChI=1S/C29H40NO5/c1-4-30(5-2,6-3)17-19-33-21-23-34-22-20-32-18-11-15-26-14-10-16-28(24-26)29(31)35-25-27-12-8-7-9-13-27/h7-10,12-14,16,24H,4-6,17-23,25H2,1-3H3/q+1. The first-order valence-electron chi connectivity index (χ1n) is 12.5. The van der Waals surface area contributed by atoms with Crippen molar-refractivity contribution in [2.45, 2.75) is 27.4 Å². The Hall–Kier alpha value is -2.69. The average Bonchev–Trinajstić information content (AvgIpc) is 2.91. The first-order valence-corrected chi connectivity index (χ1v) is 12.5. The predicted molar refractivity (Wildman–Crippen MR) is 138 cm³/mol. The second kappa shape index (κ2) is 16.9. The van der Waals surface area contributed by atoms with Crippen molar-refractivity contribution in [2.75, 3.05) is 65.8 Å². The van der Waals surface area contributed by atoms with Gasteiger partial charge in [0.15, 0.2) is 0 Å². The molecule has 0 saturated heterocycles. The molecule has 0 aromatic heterocycles. The lowest BCUT2D eigenvalue weighted by molar-refractivity contribution is -0.923. The topological polar surface area (TPSA) is 54.0 Å². The van der Waals surface area contributed by atoms with Crippen LogP contribution in [0.2, 0.25) is 0 Å². The van der Waals surface area contributed by atoms with Gasteiger partial charge >= 0.3 is 5.97 Å². The van der Waals surface area contributed by atoms with Crippen LogP contribution in [-0.4, -0.2) is 76.3 Å². The van der Waals surface area contributed by atoms with Gasteiger partial charge in [0.2, 0.25) is 0 Å². The molecule has 0 bridgehead atoms. The predicted octanol–water partition coefficient (Wildman–Crippen LogP) is 4.32. The molecule has 0 radical (unpaired) electrons. The van der Waals surface area contributed by atoms with Crippen LogP contribution in [0.5, 0.6) is 0 Å². The van der Waals surface area contributed by atoms with Crippen LogP contribution in [0.1, 0.15) is 42.3 Å². The van der Waals surface area contributed by atoms with Gasteiger partial charge in [-0.2, -0.15) is 0 Å². The molecule has 0 heterocycles. The van der Waals surface area contributed by atoms with Crippen molar-refractivity contribution in [1.82, 2.24) is 0 Å². The summed E-state index contributed by atoms with van der Waals surface area (Å²) in [7, 11) is 0. The molecule has 0 N–H and O–H groups in total. The van der Waals surface area contributed by atoms with Gasteiger partial charge in [0.25, 0.3) is 0 Å². The first-order chi connectivity index (χ1) is 17.1. The molecule has 35 heavy (non-hydrogen) atoms. The molecule has 6 heteroatoms. The molecule has 0 atom stereocenters. The number of nitrogens with zero attached hydrogens (tertiary/aromatic N) is 1. The van der Waals surface area contributed by atoms with Gasteiger partial charge in [-0.05, 0) is 44.5 Å². The van der Waals surface area contributed by atoms with Crippen LogP contribution in [0.4, 0.5) is 0 Å². The third kappa shape index (κ3) is 11.1. The van der Waals surface area contributed by atoms with E-state index in [0.29, 0.717) is 38.6 Å². The van der Waals surface area contributed by atoms with Gasteiger partial charge < -0.3 is 23.4 Å². The average molecular weight is 483 g/mol. The maximum Gasteiger partial charge on any atom is 0.338 e. The molecule has 0 saturated carbocycles. The molecular weight excluding hydrogens is 442 g/mol. The van der Waals surface area contributed by atoms with E-state index in [0.717, 1.165) is 48.4 Å². The summed E-state index contributed by atoms with van der Waals surface area (Å²) in [6, 6.07) is 16.7. The van der Waals surface area contributed by atoms with Crippen LogP contribution in [0.25, 0.3) is 0 Å². The maximum atomic E-state index is 12.3. The Morgan fingerprint density at radius 2 is 1.46 bits per heavy atom. The number of benzene rings is 2. The number of likely N-dealkylation sites (N-methyl/N-ethyl adjacent to an activating group) is 1. The van der Waals surface area contributed by atoms with Crippen molar-refractivity contribution in [1.29, 1.82) is 0 Å². The zero-order valence-corrected chi connectivity index (χ0v) is 21.5. The van der Waals surface area contributed by atoms with E-state index in [9.17, 15) is 4.79 Å². The van der Waals surface area contributed by atoms with Crippen molar-refractivity contribution in [3.8, 4) is 11.8 Å². The van der Waals surface area contributed by atoms with Gasteiger partial charge in [0.1, 0.15) is 19.8 Å². The number of ether oxygens (including phenoxy) is 4. The summed E-state index contributed by atoms with van der Waals surface area (Å²) >= 11 is 0. The highest BCUT2D eigenvalue weighted by Crippen LogP contribution is 2.09. The number of carbonyl (C=O) groups is 1. The molecule has 2 rings (SSSR count). The van der Waals surface area contributed by atoms with E-state index in [1.807, 2.05) is 36.4 Å². The molecule has 2 aromatic rings.